The zero-order valence-electron chi connectivity index (χ0n) is 19.2. The summed E-state index contributed by atoms with van der Waals surface area (Å²) in [5.74, 6) is -0.378. The second-order valence-corrected chi connectivity index (χ2v) is 9.08. The van der Waals surface area contributed by atoms with Crippen molar-refractivity contribution in [2.75, 3.05) is 0 Å². The van der Waals surface area contributed by atoms with E-state index in [-0.39, 0.29) is 5.91 Å². The number of hydrogen-bond donors (Lipinski definition) is 2. The molecule has 0 saturated heterocycles. The molecule has 0 fully saturated rings. The van der Waals surface area contributed by atoms with Gasteiger partial charge in [0.1, 0.15) is 10.8 Å². The van der Waals surface area contributed by atoms with Crippen molar-refractivity contribution < 1.29 is 9.90 Å². The van der Waals surface area contributed by atoms with Gasteiger partial charge in [-0.2, -0.15) is 10.4 Å². The highest BCUT2D eigenvalue weighted by molar-refractivity contribution is 6.29. The third kappa shape index (κ3) is 4.62. The minimum atomic E-state index is -1.08. The van der Waals surface area contributed by atoms with E-state index in [1.165, 1.54) is 10.7 Å². The predicted octanol–water partition coefficient (Wildman–Crippen LogP) is 4.18. The Morgan fingerprint density at radius 3 is 2.71 bits per heavy atom. The molecular weight excluding hydrogens is 452 g/mol. The Kier molecular flexibility index (Phi) is 6.09. The molecule has 1 atom stereocenters. The summed E-state index contributed by atoms with van der Waals surface area (Å²) in [6, 6.07) is 12.4. The first-order valence-electron chi connectivity index (χ1n) is 10.6. The Balaban J connectivity index is 1.89. The van der Waals surface area contributed by atoms with Crippen molar-refractivity contribution in [2.24, 2.45) is 0 Å². The monoisotopic (exact) mass is 474 g/mol. The Bertz CT molecular complexity index is 1430. The van der Waals surface area contributed by atoms with Crippen molar-refractivity contribution >= 4 is 23.2 Å². The van der Waals surface area contributed by atoms with Crippen LogP contribution in [0.5, 0.6) is 0 Å². The van der Waals surface area contributed by atoms with Crippen molar-refractivity contribution in [1.82, 2.24) is 24.9 Å². The average molecular weight is 475 g/mol. The molecular formula is C25H23ClN6O2. The molecule has 1 amide bonds. The van der Waals surface area contributed by atoms with Gasteiger partial charge in [0.05, 0.1) is 34.4 Å². The Morgan fingerprint density at radius 1 is 1.26 bits per heavy atom. The first-order chi connectivity index (χ1) is 16.1. The maximum Gasteiger partial charge on any atom is 0.254 e. The molecule has 4 aromatic rings. The third-order valence-corrected chi connectivity index (χ3v) is 5.81. The van der Waals surface area contributed by atoms with Crippen molar-refractivity contribution in [2.45, 2.75) is 39.3 Å². The van der Waals surface area contributed by atoms with Gasteiger partial charge in [-0.1, -0.05) is 23.7 Å². The minimum absolute atomic E-state index is 0.291. The molecule has 0 unspecified atom stereocenters. The van der Waals surface area contributed by atoms with Crippen LogP contribution in [0.25, 0.3) is 28.0 Å². The second kappa shape index (κ2) is 8.86. The number of carbonyl (C=O) groups is 1. The summed E-state index contributed by atoms with van der Waals surface area (Å²) in [5.41, 5.74) is 3.76. The molecule has 0 radical (unpaired) electrons. The molecule has 3 aromatic heterocycles. The van der Waals surface area contributed by atoms with Gasteiger partial charge in [-0.15, -0.1) is 0 Å². The van der Waals surface area contributed by atoms with Crippen LogP contribution in [0.1, 0.15) is 42.4 Å². The van der Waals surface area contributed by atoms with Crippen LogP contribution in [0.3, 0.4) is 0 Å². The smallest absolute Gasteiger partial charge is 0.254 e. The van der Waals surface area contributed by atoms with E-state index in [9.17, 15) is 15.2 Å². The Hall–Kier alpha value is -3.80. The zero-order chi connectivity index (χ0) is 24.6. The highest BCUT2D eigenvalue weighted by atomic mass is 35.5. The summed E-state index contributed by atoms with van der Waals surface area (Å²) < 4.78 is 1.54. The van der Waals surface area contributed by atoms with Crippen molar-refractivity contribution in [3.05, 3.63) is 70.8 Å². The SMILES string of the molecule is Cc1cc(-c2c(-c3cccc(C#N)c3)nn3cc(C(=O)N[C@@H](C)C(C)(C)O)cnc23)cc(Cl)n1. The highest BCUT2D eigenvalue weighted by Crippen LogP contribution is 2.35. The molecule has 2 N–H and O–H groups in total. The number of nitrogens with one attached hydrogen (secondary N) is 1. The van der Waals surface area contributed by atoms with Crippen molar-refractivity contribution in [1.29, 1.82) is 5.26 Å². The van der Waals surface area contributed by atoms with E-state index >= 15 is 0 Å². The number of pyridine rings is 1. The van der Waals surface area contributed by atoms with Gasteiger partial charge >= 0.3 is 0 Å². The molecule has 0 spiro atoms. The fourth-order valence-electron chi connectivity index (χ4n) is 3.49. The predicted molar refractivity (Wildman–Crippen MR) is 129 cm³/mol. The van der Waals surface area contributed by atoms with Gasteiger partial charge in [-0.25, -0.2) is 14.5 Å². The highest BCUT2D eigenvalue weighted by Gasteiger charge is 2.25. The molecule has 0 aliphatic rings. The molecule has 0 bridgehead atoms. The molecule has 8 nitrogen and oxygen atoms in total. The molecule has 1 aromatic carbocycles. The topological polar surface area (TPSA) is 116 Å². The first kappa shape index (κ1) is 23.4. The normalized spacial score (nSPS) is 12.4. The lowest BCUT2D eigenvalue weighted by atomic mass is 10.00. The fourth-order valence-corrected chi connectivity index (χ4v) is 3.74. The lowest BCUT2D eigenvalue weighted by molar-refractivity contribution is 0.0408. The van der Waals surface area contributed by atoms with Crippen LogP contribution >= 0.6 is 11.6 Å². The molecule has 9 heteroatoms. The van der Waals surface area contributed by atoms with Gasteiger partial charge in [-0.05, 0) is 57.5 Å². The van der Waals surface area contributed by atoms with Gasteiger partial charge in [0, 0.05) is 23.7 Å². The average Bonchev–Trinajstić information content (AvgIpc) is 3.16. The number of amides is 1. The van der Waals surface area contributed by atoms with Crippen molar-refractivity contribution in [3.63, 3.8) is 0 Å². The van der Waals surface area contributed by atoms with Gasteiger partial charge in [0.2, 0.25) is 0 Å². The molecule has 34 heavy (non-hydrogen) atoms. The Labute approximate surface area is 201 Å². The van der Waals surface area contributed by atoms with E-state index in [2.05, 4.69) is 21.4 Å². The summed E-state index contributed by atoms with van der Waals surface area (Å²) >= 11 is 6.24. The van der Waals surface area contributed by atoms with Crippen LogP contribution in [0.4, 0.5) is 0 Å². The molecule has 4 rings (SSSR count). The number of aromatic nitrogens is 4. The van der Waals surface area contributed by atoms with Crippen LogP contribution in [0, 0.1) is 18.3 Å². The lowest BCUT2D eigenvalue weighted by Gasteiger charge is -2.26. The quantitative estimate of drug-likeness (QED) is 0.419. The maximum atomic E-state index is 12.8. The number of aryl methyl sites for hydroxylation is 1. The zero-order valence-corrected chi connectivity index (χ0v) is 19.9. The standard InChI is InChI=1S/C25H23ClN6O2/c1-14-8-18(10-20(26)29-14)21-22(17-7-5-6-16(9-17)11-27)31-32-13-19(12-28-23(21)32)24(33)30-15(2)25(3,4)34/h5-10,12-13,15,34H,1-4H3,(H,30,33)/t15-/m0/s1. The fraction of sp³-hybridized carbons (Fsp3) is 0.240. The first-order valence-corrected chi connectivity index (χ1v) is 11.0. The van der Waals surface area contributed by atoms with E-state index in [1.54, 1.807) is 51.2 Å². The molecule has 0 saturated carbocycles. The summed E-state index contributed by atoms with van der Waals surface area (Å²) in [4.78, 5) is 21.6. The van der Waals surface area contributed by atoms with E-state index in [0.717, 1.165) is 16.8 Å². The van der Waals surface area contributed by atoms with Crippen LogP contribution in [-0.2, 0) is 0 Å². The number of nitriles is 1. The minimum Gasteiger partial charge on any atom is -0.388 e. The van der Waals surface area contributed by atoms with E-state index in [1.807, 2.05) is 19.1 Å². The van der Waals surface area contributed by atoms with E-state index < -0.39 is 11.6 Å². The number of nitrogens with zero attached hydrogens (tertiary/aromatic N) is 5. The van der Waals surface area contributed by atoms with Gasteiger partial charge in [0.25, 0.3) is 5.91 Å². The van der Waals surface area contributed by atoms with Crippen LogP contribution in [-0.4, -0.2) is 42.2 Å². The van der Waals surface area contributed by atoms with Gasteiger partial charge < -0.3 is 10.4 Å². The van der Waals surface area contributed by atoms with Crippen LogP contribution in [0.15, 0.2) is 48.8 Å². The number of halogens is 1. The van der Waals surface area contributed by atoms with Crippen molar-refractivity contribution in [3.8, 4) is 28.5 Å². The number of benzene rings is 1. The van der Waals surface area contributed by atoms with E-state index in [0.29, 0.717) is 33.2 Å². The van der Waals surface area contributed by atoms with E-state index in [4.69, 9.17) is 16.7 Å². The van der Waals surface area contributed by atoms with Crippen LogP contribution < -0.4 is 5.32 Å². The molecule has 0 aliphatic heterocycles. The third-order valence-electron chi connectivity index (χ3n) is 5.62. The van der Waals surface area contributed by atoms with Crippen LogP contribution in [0.2, 0.25) is 5.15 Å². The lowest BCUT2D eigenvalue weighted by Crippen LogP contribution is -2.47. The summed E-state index contributed by atoms with van der Waals surface area (Å²) in [6.07, 6.45) is 3.06. The largest absolute Gasteiger partial charge is 0.388 e. The number of hydrogen-bond acceptors (Lipinski definition) is 6. The maximum absolute atomic E-state index is 12.8. The summed E-state index contributed by atoms with van der Waals surface area (Å²) in [5, 5.41) is 27.3. The van der Waals surface area contributed by atoms with Gasteiger partial charge in [-0.3, -0.25) is 4.79 Å². The molecule has 172 valence electrons. The van der Waals surface area contributed by atoms with Gasteiger partial charge in [0.15, 0.2) is 5.65 Å². The molecule has 0 aliphatic carbocycles. The number of carbonyl (C=O) groups excluding carboxylic acids is 1. The second-order valence-electron chi connectivity index (χ2n) is 8.70. The summed E-state index contributed by atoms with van der Waals surface area (Å²) in [6.45, 7) is 6.83. The Morgan fingerprint density at radius 2 is 2.03 bits per heavy atom. The number of rotatable bonds is 5. The summed E-state index contributed by atoms with van der Waals surface area (Å²) in [7, 11) is 0. The molecule has 3 heterocycles. The number of aliphatic hydroxyl groups is 1. The number of fused-ring (bicyclic) bond motifs is 1.